The number of carbonyl (C=O) groups excluding carboxylic acids is 1. The fraction of sp³-hybridized carbons (Fsp3) is 0.412. The number of hydrogen-bond donors (Lipinski definition) is 1. The van der Waals surface area contributed by atoms with Gasteiger partial charge in [0.05, 0.1) is 11.6 Å². The Labute approximate surface area is 130 Å². The number of piperidine rings is 1. The van der Waals surface area contributed by atoms with Crippen LogP contribution in [0.25, 0.3) is 11.5 Å². The molecule has 0 unspecified atom stereocenters. The summed E-state index contributed by atoms with van der Waals surface area (Å²) in [6, 6.07) is 8.10. The van der Waals surface area contributed by atoms with Gasteiger partial charge in [-0.05, 0) is 38.4 Å². The first kappa shape index (κ1) is 14.8. The molecule has 2 N–H and O–H groups in total. The number of primary amides is 1. The van der Waals surface area contributed by atoms with Crippen molar-refractivity contribution in [2.45, 2.75) is 26.3 Å². The quantitative estimate of drug-likeness (QED) is 0.940. The minimum Gasteiger partial charge on any atom is -0.444 e. The van der Waals surface area contributed by atoms with Crippen molar-refractivity contribution < 1.29 is 9.21 Å². The maximum Gasteiger partial charge on any atom is 0.226 e. The van der Waals surface area contributed by atoms with Gasteiger partial charge in [-0.2, -0.15) is 0 Å². The molecule has 1 fully saturated rings. The molecule has 1 aliphatic heterocycles. The van der Waals surface area contributed by atoms with E-state index in [-0.39, 0.29) is 11.8 Å². The Bertz CT molecular complexity index is 648. The van der Waals surface area contributed by atoms with Crippen molar-refractivity contribution in [2.24, 2.45) is 11.7 Å². The number of nitrogens with two attached hydrogens (primary N) is 1. The van der Waals surface area contributed by atoms with Crippen LogP contribution in [0.1, 0.15) is 24.1 Å². The lowest BCUT2D eigenvalue weighted by Crippen LogP contribution is -2.40. The van der Waals surface area contributed by atoms with Crippen LogP contribution >= 0.6 is 0 Å². The first-order valence-corrected chi connectivity index (χ1v) is 7.65. The molecule has 3 rings (SSSR count). The van der Waals surface area contributed by atoms with Gasteiger partial charge in [0.15, 0.2) is 0 Å². The highest BCUT2D eigenvalue weighted by Gasteiger charge is 2.24. The van der Waals surface area contributed by atoms with Crippen LogP contribution in [0, 0.1) is 12.8 Å². The molecular weight excluding hydrogens is 278 g/mol. The second-order valence-corrected chi connectivity index (χ2v) is 5.99. The highest BCUT2D eigenvalue weighted by molar-refractivity contribution is 5.76. The molecule has 5 heteroatoms. The molecule has 2 heterocycles. The molecule has 116 valence electrons. The van der Waals surface area contributed by atoms with Crippen molar-refractivity contribution in [2.75, 3.05) is 13.1 Å². The molecule has 0 spiro atoms. The normalized spacial score (nSPS) is 19.2. The number of benzene rings is 1. The minimum absolute atomic E-state index is 0.0442. The lowest BCUT2D eigenvalue weighted by atomic mass is 9.97. The van der Waals surface area contributed by atoms with Crippen LogP contribution in [0.3, 0.4) is 0 Å². The Morgan fingerprint density at radius 1 is 1.41 bits per heavy atom. The predicted molar refractivity (Wildman–Crippen MR) is 83.9 cm³/mol. The fourth-order valence-electron chi connectivity index (χ4n) is 2.87. The molecule has 0 aliphatic carbocycles. The molecular formula is C17H21N3O2. The largest absolute Gasteiger partial charge is 0.444 e. The summed E-state index contributed by atoms with van der Waals surface area (Å²) in [6.45, 7) is 4.42. The van der Waals surface area contributed by atoms with Crippen molar-refractivity contribution in [3.05, 3.63) is 41.8 Å². The van der Waals surface area contributed by atoms with Crippen LogP contribution in [0.2, 0.25) is 0 Å². The van der Waals surface area contributed by atoms with Crippen LogP contribution in [0.5, 0.6) is 0 Å². The van der Waals surface area contributed by atoms with Gasteiger partial charge >= 0.3 is 0 Å². The van der Waals surface area contributed by atoms with Gasteiger partial charge in [0.1, 0.15) is 6.26 Å². The molecule has 1 aromatic carbocycles. The van der Waals surface area contributed by atoms with E-state index in [0.717, 1.165) is 30.6 Å². The Morgan fingerprint density at radius 2 is 2.18 bits per heavy atom. The third kappa shape index (κ3) is 3.36. The number of oxazole rings is 1. The summed E-state index contributed by atoms with van der Waals surface area (Å²) in [5, 5.41) is 0. The van der Waals surface area contributed by atoms with Gasteiger partial charge in [-0.15, -0.1) is 0 Å². The monoisotopic (exact) mass is 299 g/mol. The first-order chi connectivity index (χ1) is 10.6. The average molecular weight is 299 g/mol. The summed E-state index contributed by atoms with van der Waals surface area (Å²) < 4.78 is 5.58. The van der Waals surface area contributed by atoms with E-state index in [1.807, 2.05) is 24.3 Å². The zero-order valence-corrected chi connectivity index (χ0v) is 12.8. The van der Waals surface area contributed by atoms with E-state index in [1.54, 1.807) is 6.26 Å². The van der Waals surface area contributed by atoms with Crippen molar-refractivity contribution >= 4 is 5.91 Å². The smallest absolute Gasteiger partial charge is 0.226 e. The van der Waals surface area contributed by atoms with E-state index in [4.69, 9.17) is 10.2 Å². The Morgan fingerprint density at radius 3 is 2.91 bits per heavy atom. The number of aromatic nitrogens is 1. The van der Waals surface area contributed by atoms with Crippen molar-refractivity contribution in [1.82, 2.24) is 9.88 Å². The topological polar surface area (TPSA) is 72.4 Å². The maximum absolute atomic E-state index is 11.3. The van der Waals surface area contributed by atoms with Crippen LogP contribution in [0.15, 0.2) is 34.9 Å². The highest BCUT2D eigenvalue weighted by atomic mass is 16.3. The van der Waals surface area contributed by atoms with Gasteiger partial charge < -0.3 is 10.2 Å². The van der Waals surface area contributed by atoms with Crippen molar-refractivity contribution in [3.63, 3.8) is 0 Å². The molecule has 5 nitrogen and oxygen atoms in total. The molecule has 22 heavy (non-hydrogen) atoms. The highest BCUT2D eigenvalue weighted by Crippen LogP contribution is 2.22. The van der Waals surface area contributed by atoms with E-state index in [0.29, 0.717) is 19.0 Å². The molecule has 0 saturated carbocycles. The van der Waals surface area contributed by atoms with Gasteiger partial charge in [0.2, 0.25) is 11.8 Å². The zero-order chi connectivity index (χ0) is 15.5. The third-order valence-electron chi connectivity index (χ3n) is 4.14. The van der Waals surface area contributed by atoms with Gasteiger partial charge in [-0.3, -0.25) is 9.69 Å². The number of likely N-dealkylation sites (tertiary alicyclic amines) is 1. The summed E-state index contributed by atoms with van der Waals surface area (Å²) in [5.74, 6) is 0.390. The molecule has 1 saturated heterocycles. The second kappa shape index (κ2) is 6.32. The first-order valence-electron chi connectivity index (χ1n) is 7.65. The van der Waals surface area contributed by atoms with E-state index < -0.39 is 0 Å². The van der Waals surface area contributed by atoms with Gasteiger partial charge in [0.25, 0.3) is 0 Å². The summed E-state index contributed by atoms with van der Waals surface area (Å²) in [7, 11) is 0. The summed E-state index contributed by atoms with van der Waals surface area (Å²) >= 11 is 0. The molecule has 1 aromatic heterocycles. The number of amides is 1. The van der Waals surface area contributed by atoms with Gasteiger partial charge in [-0.25, -0.2) is 4.98 Å². The second-order valence-electron chi connectivity index (χ2n) is 5.99. The predicted octanol–water partition coefficient (Wildman–Crippen LogP) is 2.35. The number of carbonyl (C=O) groups is 1. The van der Waals surface area contributed by atoms with E-state index in [2.05, 4.69) is 16.8 Å². The molecule has 2 aromatic rings. The third-order valence-corrected chi connectivity index (χ3v) is 4.14. The lowest BCUT2D eigenvalue weighted by Gasteiger charge is -2.30. The van der Waals surface area contributed by atoms with Crippen molar-refractivity contribution in [1.29, 1.82) is 0 Å². The number of hydrogen-bond acceptors (Lipinski definition) is 4. The minimum atomic E-state index is -0.204. The average Bonchev–Trinajstić information content (AvgIpc) is 2.96. The van der Waals surface area contributed by atoms with Crippen molar-refractivity contribution in [3.8, 4) is 11.5 Å². The molecule has 1 aliphatic rings. The van der Waals surface area contributed by atoms with E-state index in [9.17, 15) is 4.79 Å². The molecule has 0 bridgehead atoms. The van der Waals surface area contributed by atoms with Crippen LogP contribution in [-0.4, -0.2) is 28.9 Å². The summed E-state index contributed by atoms with van der Waals surface area (Å²) in [4.78, 5) is 18.1. The van der Waals surface area contributed by atoms with Crippen LogP contribution in [0.4, 0.5) is 0 Å². The zero-order valence-electron chi connectivity index (χ0n) is 12.8. The Kier molecular flexibility index (Phi) is 4.24. The molecule has 0 radical (unpaired) electrons. The Balaban J connectivity index is 1.66. The van der Waals surface area contributed by atoms with E-state index >= 15 is 0 Å². The Hall–Kier alpha value is -2.14. The molecule has 1 amide bonds. The SMILES string of the molecule is Cc1ccc(-c2nc(CN3CCC[C@@H](C(N)=O)C3)co2)cc1. The number of aryl methyl sites for hydroxylation is 1. The van der Waals surface area contributed by atoms with Crippen LogP contribution < -0.4 is 5.73 Å². The summed E-state index contributed by atoms with van der Waals surface area (Å²) in [6.07, 6.45) is 3.58. The van der Waals surface area contributed by atoms with Gasteiger partial charge in [-0.1, -0.05) is 17.7 Å². The standard InChI is InChI=1S/C17H21N3O2/c1-12-4-6-13(7-5-12)17-19-15(11-22-17)10-20-8-2-3-14(9-20)16(18)21/h4-7,11,14H,2-3,8-10H2,1H3,(H2,18,21)/t14-/m1/s1. The van der Waals surface area contributed by atoms with Crippen LogP contribution in [-0.2, 0) is 11.3 Å². The summed E-state index contributed by atoms with van der Waals surface area (Å²) in [5.41, 5.74) is 8.49. The van der Waals surface area contributed by atoms with Gasteiger partial charge in [0, 0.05) is 18.7 Å². The molecule has 1 atom stereocenters. The van der Waals surface area contributed by atoms with E-state index in [1.165, 1.54) is 5.56 Å². The fourth-order valence-corrected chi connectivity index (χ4v) is 2.87. The number of rotatable bonds is 4. The maximum atomic E-state index is 11.3. The number of nitrogens with zero attached hydrogens (tertiary/aromatic N) is 2. The lowest BCUT2D eigenvalue weighted by molar-refractivity contribution is -0.123.